The fraction of sp³-hybridized carbons (Fsp3) is 0.312. The number of hydrogen-bond donors (Lipinski definition) is 2. The fourth-order valence-electron chi connectivity index (χ4n) is 6.57. The van der Waals surface area contributed by atoms with Crippen molar-refractivity contribution in [2.75, 3.05) is 30.6 Å². The van der Waals surface area contributed by atoms with Gasteiger partial charge in [0.05, 0.1) is 47.5 Å². The van der Waals surface area contributed by atoms with Crippen molar-refractivity contribution in [3.63, 3.8) is 0 Å². The third-order valence-corrected chi connectivity index (χ3v) is 9.27. The van der Waals surface area contributed by atoms with Gasteiger partial charge in [-0.3, -0.25) is 14.5 Å². The van der Waals surface area contributed by atoms with Crippen molar-refractivity contribution in [1.29, 1.82) is 0 Å². The van der Waals surface area contributed by atoms with Gasteiger partial charge >= 0.3 is 0 Å². The van der Waals surface area contributed by atoms with E-state index in [2.05, 4.69) is 43.3 Å². The van der Waals surface area contributed by atoms with Crippen LogP contribution in [-0.4, -0.2) is 71.2 Å². The van der Waals surface area contributed by atoms with Gasteiger partial charge in [-0.05, 0) is 54.3 Å². The van der Waals surface area contributed by atoms with Crippen LogP contribution in [0.3, 0.4) is 0 Å². The maximum Gasteiger partial charge on any atom is 0.285 e. The molecular weight excluding hydrogens is 628 g/mol. The van der Waals surface area contributed by atoms with Crippen LogP contribution in [0.15, 0.2) is 55.0 Å². The number of fused-ring (bicyclic) bond motifs is 2. The first-order valence-corrected chi connectivity index (χ1v) is 16.9. The normalized spacial score (nSPS) is 17.1. The van der Waals surface area contributed by atoms with E-state index in [1.807, 2.05) is 62.6 Å². The number of pyridine rings is 1. The highest BCUT2D eigenvalue weighted by Gasteiger charge is 2.41. The molecule has 240 valence electrons. The minimum atomic E-state index is -3.84. The van der Waals surface area contributed by atoms with Gasteiger partial charge in [-0.1, -0.05) is 35.9 Å². The zero-order valence-corrected chi connectivity index (χ0v) is 27.9. The summed E-state index contributed by atoms with van der Waals surface area (Å²) in [6, 6.07) is 12.9. The highest BCUT2D eigenvalue weighted by Crippen LogP contribution is 2.41. The number of aromatic nitrogens is 3. The number of sulfonamides is 1. The first-order chi connectivity index (χ1) is 21.7. The largest absolute Gasteiger partial charge is 0.377 e. The molecular formula is C32H35ClN8O4S. The van der Waals surface area contributed by atoms with Crippen LogP contribution >= 0.6 is 11.6 Å². The van der Waals surface area contributed by atoms with Gasteiger partial charge in [-0.2, -0.15) is 0 Å². The maximum atomic E-state index is 14.0. The average Bonchev–Trinajstić information content (AvgIpc) is 3.61. The molecule has 0 saturated heterocycles. The highest BCUT2D eigenvalue weighted by molar-refractivity contribution is 7.89. The van der Waals surface area contributed by atoms with Gasteiger partial charge in [0.2, 0.25) is 10.0 Å². The average molecular weight is 663 g/mol. The summed E-state index contributed by atoms with van der Waals surface area (Å²) in [5.74, 6) is -1.00. The third kappa shape index (κ3) is 5.70. The third-order valence-electron chi connectivity index (χ3n) is 8.50. The number of carbonyl (C=O) groups excluding carboxylic acids is 2. The number of nitrogens with one attached hydrogen (secondary N) is 2. The van der Waals surface area contributed by atoms with Crippen molar-refractivity contribution in [1.82, 2.24) is 29.1 Å². The van der Waals surface area contributed by atoms with Crippen molar-refractivity contribution in [3.8, 4) is 11.3 Å². The molecule has 0 aliphatic carbocycles. The quantitative estimate of drug-likeness (QED) is 0.280. The van der Waals surface area contributed by atoms with Crippen LogP contribution in [0.25, 0.3) is 11.3 Å². The summed E-state index contributed by atoms with van der Waals surface area (Å²) in [7, 11) is 1.95. The van der Waals surface area contributed by atoms with Gasteiger partial charge < -0.3 is 19.7 Å². The number of hydrogen-bond acceptors (Lipinski definition) is 9. The summed E-state index contributed by atoms with van der Waals surface area (Å²) in [6.07, 6.45) is 4.17. The van der Waals surface area contributed by atoms with Gasteiger partial charge in [0.25, 0.3) is 11.8 Å². The molecule has 2 amide bonds. The minimum absolute atomic E-state index is 0.0409. The molecule has 6 rings (SSSR count). The van der Waals surface area contributed by atoms with E-state index in [4.69, 9.17) is 11.6 Å². The number of carbonyl (C=O) groups is 2. The maximum absolute atomic E-state index is 14.0. The molecule has 14 heteroatoms. The highest BCUT2D eigenvalue weighted by atomic mass is 35.5. The zero-order valence-electron chi connectivity index (χ0n) is 26.4. The molecule has 2 aromatic heterocycles. The molecule has 0 fully saturated rings. The molecule has 12 nitrogen and oxygen atoms in total. The summed E-state index contributed by atoms with van der Waals surface area (Å²) in [6.45, 7) is 5.15. The Bertz CT molecular complexity index is 2000. The minimum Gasteiger partial charge on any atom is -0.377 e. The van der Waals surface area contributed by atoms with Crippen molar-refractivity contribution >= 4 is 44.8 Å². The second-order valence-electron chi connectivity index (χ2n) is 12.0. The van der Waals surface area contributed by atoms with Gasteiger partial charge in [0.15, 0.2) is 12.0 Å². The Labute approximate surface area is 273 Å². The van der Waals surface area contributed by atoms with Gasteiger partial charge in [0.1, 0.15) is 5.15 Å². The van der Waals surface area contributed by atoms with Gasteiger partial charge in [-0.25, -0.2) is 23.1 Å². The molecule has 0 bridgehead atoms. The Morgan fingerprint density at radius 1 is 1.07 bits per heavy atom. The Morgan fingerprint density at radius 2 is 1.83 bits per heavy atom. The molecule has 0 spiro atoms. The number of aryl methyl sites for hydroxylation is 2. The molecule has 0 saturated carbocycles. The first kappa shape index (κ1) is 31.5. The van der Waals surface area contributed by atoms with E-state index >= 15 is 0 Å². The van der Waals surface area contributed by atoms with Crippen LogP contribution in [0.2, 0.25) is 5.15 Å². The molecule has 2 aliphatic rings. The number of rotatable bonds is 7. The topological polar surface area (TPSA) is 133 Å². The van der Waals surface area contributed by atoms with Crippen LogP contribution in [0.1, 0.15) is 56.1 Å². The second-order valence-corrected chi connectivity index (χ2v) is 14.1. The summed E-state index contributed by atoms with van der Waals surface area (Å²) in [5.41, 5.74) is 7.77. The molecule has 0 radical (unpaired) electrons. The number of imidazole rings is 1. The molecule has 4 heterocycles. The Balaban J connectivity index is 1.35. The lowest BCUT2D eigenvalue weighted by Crippen LogP contribution is -2.59. The number of benzene rings is 2. The molecule has 2 atom stereocenters. The van der Waals surface area contributed by atoms with Crippen molar-refractivity contribution in [3.05, 3.63) is 93.7 Å². The van der Waals surface area contributed by atoms with E-state index in [0.29, 0.717) is 24.3 Å². The lowest BCUT2D eigenvalue weighted by atomic mass is 9.95. The SMILES string of the molecule is Cc1cc2c(c([C@@H](C)Nc3ccc(Cl)nc3C(=O)NS(C)(=O)=O)c1)N(C)C(N1Cc3cccc(-c4cncn4C)c3C1)N(C)C2=O. The van der Waals surface area contributed by atoms with Gasteiger partial charge in [-0.15, -0.1) is 0 Å². The first-order valence-electron chi connectivity index (χ1n) is 14.6. The van der Waals surface area contributed by atoms with Crippen LogP contribution in [-0.2, 0) is 30.2 Å². The summed E-state index contributed by atoms with van der Waals surface area (Å²) < 4.78 is 27.5. The van der Waals surface area contributed by atoms with Gasteiger partial charge in [0, 0.05) is 39.8 Å². The fourth-order valence-corrected chi connectivity index (χ4v) is 7.15. The monoisotopic (exact) mass is 662 g/mol. The molecule has 4 aromatic rings. The summed E-state index contributed by atoms with van der Waals surface area (Å²) in [5, 5.41) is 3.36. The lowest BCUT2D eigenvalue weighted by Gasteiger charge is -2.47. The van der Waals surface area contributed by atoms with E-state index in [9.17, 15) is 18.0 Å². The molecule has 2 aliphatic heterocycles. The number of amides is 2. The summed E-state index contributed by atoms with van der Waals surface area (Å²) in [4.78, 5) is 41.4. The van der Waals surface area contributed by atoms with E-state index in [1.54, 1.807) is 17.3 Å². The van der Waals surface area contributed by atoms with Crippen LogP contribution < -0.4 is 14.9 Å². The predicted molar refractivity (Wildman–Crippen MR) is 177 cm³/mol. The smallest absolute Gasteiger partial charge is 0.285 e. The van der Waals surface area contributed by atoms with Crippen LogP contribution in [0.4, 0.5) is 11.4 Å². The van der Waals surface area contributed by atoms with E-state index in [0.717, 1.165) is 34.3 Å². The summed E-state index contributed by atoms with van der Waals surface area (Å²) >= 11 is 6.08. The standard InChI is InChI=1S/C32H35ClN8O4S/c1-18-12-22(19(2)35-25-10-11-27(33)36-28(25)30(42)37-46(6,44)45)29-23(13-18)31(43)40(5)32(39(29)4)41-15-20-8-7-9-21(24(20)16-41)26-14-34-17-38(26)3/h7-14,17,19,32,35H,15-16H2,1-6H3,(H,37,42)/t19-,32?/m1/s1. The van der Waals surface area contributed by atoms with E-state index in [1.165, 1.54) is 17.2 Å². The molecule has 46 heavy (non-hydrogen) atoms. The number of halogens is 1. The van der Waals surface area contributed by atoms with Crippen LogP contribution in [0, 0.1) is 6.92 Å². The second kappa shape index (κ2) is 11.7. The number of anilines is 2. The van der Waals surface area contributed by atoms with E-state index in [-0.39, 0.29) is 23.0 Å². The number of nitrogens with zero attached hydrogens (tertiary/aromatic N) is 6. The predicted octanol–water partition coefficient (Wildman–Crippen LogP) is 4.13. The lowest BCUT2D eigenvalue weighted by molar-refractivity contribution is 0.0356. The van der Waals surface area contributed by atoms with E-state index < -0.39 is 22.0 Å². The molecule has 1 unspecified atom stereocenters. The van der Waals surface area contributed by atoms with Crippen molar-refractivity contribution in [2.45, 2.75) is 39.3 Å². The molecule has 2 N–H and O–H groups in total. The Morgan fingerprint density at radius 3 is 2.52 bits per heavy atom. The van der Waals surface area contributed by atoms with Crippen molar-refractivity contribution in [2.24, 2.45) is 7.05 Å². The molecule has 2 aromatic carbocycles. The van der Waals surface area contributed by atoms with Crippen LogP contribution in [0.5, 0.6) is 0 Å². The Kier molecular flexibility index (Phi) is 8.03. The zero-order chi connectivity index (χ0) is 33.1. The van der Waals surface area contributed by atoms with Crippen molar-refractivity contribution < 1.29 is 18.0 Å². The Hall–Kier alpha value is -4.46.